The van der Waals surface area contributed by atoms with Gasteiger partial charge in [-0.05, 0) is 23.3 Å². The maximum absolute atomic E-state index is 8.57. The molecule has 0 bridgehead atoms. The second-order valence-electron chi connectivity index (χ2n) is 4.03. The van der Waals surface area contributed by atoms with Crippen molar-refractivity contribution in [2.45, 2.75) is 36.9 Å². The second kappa shape index (κ2) is 6.93. The molecule has 1 N–H and O–H groups in total. The molecule has 1 heterocycles. The van der Waals surface area contributed by atoms with Crippen molar-refractivity contribution in [1.29, 1.82) is 0 Å². The molecule has 0 radical (unpaired) electrons. The third-order valence-corrected chi connectivity index (χ3v) is 3.73. The van der Waals surface area contributed by atoms with Crippen LogP contribution in [-0.2, 0) is 4.74 Å². The van der Waals surface area contributed by atoms with Crippen molar-refractivity contribution in [2.75, 3.05) is 25.6 Å². The molecule has 0 unspecified atom stereocenters. The van der Waals surface area contributed by atoms with Gasteiger partial charge >= 0.3 is 0 Å². The van der Waals surface area contributed by atoms with Gasteiger partial charge in [-0.3, -0.25) is 0 Å². The molecule has 0 saturated heterocycles. The Bertz CT molecular complexity index is 328. The highest BCUT2D eigenvalue weighted by molar-refractivity contribution is 7.99. The van der Waals surface area contributed by atoms with Gasteiger partial charge in [-0.2, -0.15) is 0 Å². The Morgan fingerprint density at radius 2 is 2.18 bits per heavy atom. The fourth-order valence-electron chi connectivity index (χ4n) is 2.02. The first kappa shape index (κ1) is 12.8. The van der Waals surface area contributed by atoms with Gasteiger partial charge in [0.2, 0.25) is 5.16 Å². The van der Waals surface area contributed by atoms with Crippen molar-refractivity contribution in [3.63, 3.8) is 0 Å². The van der Waals surface area contributed by atoms with E-state index in [0.29, 0.717) is 19.3 Å². The Morgan fingerprint density at radius 1 is 1.35 bits per heavy atom. The highest BCUT2D eigenvalue weighted by Crippen LogP contribution is 2.31. The second-order valence-corrected chi connectivity index (χ2v) is 5.09. The van der Waals surface area contributed by atoms with E-state index in [2.05, 4.69) is 15.5 Å². The average molecular weight is 258 g/mol. The van der Waals surface area contributed by atoms with Crippen molar-refractivity contribution in [3.8, 4) is 0 Å². The van der Waals surface area contributed by atoms with Crippen molar-refractivity contribution in [1.82, 2.24) is 20.2 Å². The zero-order valence-electron chi connectivity index (χ0n) is 9.79. The molecule has 17 heavy (non-hydrogen) atoms. The summed E-state index contributed by atoms with van der Waals surface area (Å²) in [4.78, 5) is 0. The summed E-state index contributed by atoms with van der Waals surface area (Å²) in [6.45, 7) is 1.08. The van der Waals surface area contributed by atoms with Crippen molar-refractivity contribution in [3.05, 3.63) is 0 Å². The van der Waals surface area contributed by atoms with Gasteiger partial charge in [0, 0.05) is 5.75 Å². The molecule has 1 aliphatic carbocycles. The van der Waals surface area contributed by atoms with Crippen LogP contribution in [0, 0.1) is 0 Å². The van der Waals surface area contributed by atoms with Crippen LogP contribution in [0.15, 0.2) is 5.16 Å². The summed E-state index contributed by atoms with van der Waals surface area (Å²) < 4.78 is 7.15. The van der Waals surface area contributed by atoms with Crippen LogP contribution in [0.2, 0.25) is 0 Å². The molecule has 1 fully saturated rings. The third-order valence-electron chi connectivity index (χ3n) is 2.83. The number of tetrazole rings is 1. The Balaban J connectivity index is 1.78. The standard InChI is InChI=1S/C10H18N4O2S/c15-5-6-16-7-8-17-10-11-12-13-14(10)9-3-1-2-4-9/h9,15H,1-8H2. The van der Waals surface area contributed by atoms with Gasteiger partial charge < -0.3 is 9.84 Å². The number of aromatic nitrogens is 4. The monoisotopic (exact) mass is 258 g/mol. The predicted molar refractivity (Wildman–Crippen MR) is 64.0 cm³/mol. The number of hydrogen-bond donors (Lipinski definition) is 1. The maximum atomic E-state index is 8.57. The van der Waals surface area contributed by atoms with E-state index in [4.69, 9.17) is 9.84 Å². The predicted octanol–water partition coefficient (Wildman–Crippen LogP) is 0.889. The summed E-state index contributed by atoms with van der Waals surface area (Å²) >= 11 is 1.61. The summed E-state index contributed by atoms with van der Waals surface area (Å²) in [5, 5.41) is 21.3. The Labute approximate surface area is 105 Å². The fraction of sp³-hybridized carbons (Fsp3) is 0.900. The topological polar surface area (TPSA) is 73.1 Å². The van der Waals surface area contributed by atoms with Gasteiger partial charge in [-0.15, -0.1) is 5.10 Å². The minimum absolute atomic E-state index is 0.0739. The van der Waals surface area contributed by atoms with E-state index < -0.39 is 0 Å². The SMILES string of the molecule is OCCOCCSc1nnnn1C1CCCC1. The maximum Gasteiger partial charge on any atom is 0.209 e. The Hall–Kier alpha value is -0.660. The first-order chi connectivity index (χ1) is 8.42. The van der Waals surface area contributed by atoms with Crippen molar-refractivity contribution < 1.29 is 9.84 Å². The summed E-state index contributed by atoms with van der Waals surface area (Å²) in [6, 6.07) is 0.478. The molecule has 2 rings (SSSR count). The zero-order chi connectivity index (χ0) is 11.9. The van der Waals surface area contributed by atoms with Crippen LogP contribution in [0.1, 0.15) is 31.7 Å². The zero-order valence-corrected chi connectivity index (χ0v) is 10.6. The number of aliphatic hydroxyl groups is 1. The molecule has 96 valence electrons. The number of hydrogen-bond acceptors (Lipinski definition) is 6. The lowest BCUT2D eigenvalue weighted by Crippen LogP contribution is -2.09. The summed E-state index contributed by atoms with van der Waals surface area (Å²) in [6.07, 6.45) is 4.90. The number of rotatable bonds is 7. The largest absolute Gasteiger partial charge is 0.394 e. The van der Waals surface area contributed by atoms with Gasteiger partial charge in [0.05, 0.1) is 25.9 Å². The summed E-state index contributed by atoms with van der Waals surface area (Å²) in [5.74, 6) is 0.813. The van der Waals surface area contributed by atoms with E-state index in [1.807, 2.05) is 4.68 Å². The van der Waals surface area contributed by atoms with Crippen LogP contribution in [0.25, 0.3) is 0 Å². The molecular formula is C10H18N4O2S. The quantitative estimate of drug-likeness (QED) is 0.578. The molecule has 6 nitrogen and oxygen atoms in total. The van der Waals surface area contributed by atoms with Gasteiger partial charge in [0.15, 0.2) is 0 Å². The molecule has 0 amide bonds. The van der Waals surface area contributed by atoms with Crippen molar-refractivity contribution >= 4 is 11.8 Å². The van der Waals surface area contributed by atoms with E-state index in [9.17, 15) is 0 Å². The lowest BCUT2D eigenvalue weighted by atomic mass is 10.3. The molecular weight excluding hydrogens is 240 g/mol. The smallest absolute Gasteiger partial charge is 0.209 e. The van der Waals surface area contributed by atoms with Crippen molar-refractivity contribution in [2.24, 2.45) is 0 Å². The Kier molecular flexibility index (Phi) is 5.21. The minimum atomic E-state index is 0.0739. The van der Waals surface area contributed by atoms with E-state index >= 15 is 0 Å². The molecule has 0 aromatic carbocycles. The van der Waals surface area contributed by atoms with Gasteiger partial charge in [0.1, 0.15) is 0 Å². The lowest BCUT2D eigenvalue weighted by Gasteiger charge is -2.10. The third kappa shape index (κ3) is 3.65. The molecule has 7 heteroatoms. The van der Waals surface area contributed by atoms with Gasteiger partial charge in [0.25, 0.3) is 0 Å². The van der Waals surface area contributed by atoms with Crippen LogP contribution in [0.5, 0.6) is 0 Å². The molecule has 1 aromatic heterocycles. The normalized spacial score (nSPS) is 16.8. The highest BCUT2D eigenvalue weighted by Gasteiger charge is 2.21. The van der Waals surface area contributed by atoms with Crippen LogP contribution < -0.4 is 0 Å². The number of nitrogens with zero attached hydrogens (tertiary/aromatic N) is 4. The van der Waals surface area contributed by atoms with Crippen LogP contribution in [0.3, 0.4) is 0 Å². The van der Waals surface area contributed by atoms with E-state index in [1.54, 1.807) is 11.8 Å². The first-order valence-corrected chi connectivity index (χ1v) is 6.99. The average Bonchev–Trinajstić information content (AvgIpc) is 2.98. The van der Waals surface area contributed by atoms with E-state index in [1.165, 1.54) is 25.7 Å². The summed E-state index contributed by atoms with van der Waals surface area (Å²) in [5.41, 5.74) is 0. The minimum Gasteiger partial charge on any atom is -0.394 e. The molecule has 1 saturated carbocycles. The van der Waals surface area contributed by atoms with E-state index in [-0.39, 0.29) is 6.61 Å². The molecule has 0 spiro atoms. The number of aliphatic hydroxyl groups excluding tert-OH is 1. The lowest BCUT2D eigenvalue weighted by molar-refractivity contribution is 0.103. The highest BCUT2D eigenvalue weighted by atomic mass is 32.2. The molecule has 0 aliphatic heterocycles. The number of thioether (sulfide) groups is 1. The van der Waals surface area contributed by atoms with Crippen LogP contribution in [0.4, 0.5) is 0 Å². The van der Waals surface area contributed by atoms with Gasteiger partial charge in [-0.25, -0.2) is 4.68 Å². The fourth-order valence-corrected chi connectivity index (χ4v) is 2.81. The van der Waals surface area contributed by atoms with E-state index in [0.717, 1.165) is 10.9 Å². The molecule has 1 aliphatic rings. The van der Waals surface area contributed by atoms with Crippen LogP contribution >= 0.6 is 11.8 Å². The Morgan fingerprint density at radius 3 is 2.94 bits per heavy atom. The molecule has 0 atom stereocenters. The number of ether oxygens (including phenoxy) is 1. The summed E-state index contributed by atoms with van der Waals surface area (Å²) in [7, 11) is 0. The molecule has 1 aromatic rings. The van der Waals surface area contributed by atoms with Crippen LogP contribution in [-0.4, -0.2) is 50.9 Å². The first-order valence-electron chi connectivity index (χ1n) is 6.01. The van der Waals surface area contributed by atoms with Gasteiger partial charge in [-0.1, -0.05) is 24.6 Å².